The maximum absolute atomic E-state index is 13.0. The van der Waals surface area contributed by atoms with Crippen molar-refractivity contribution >= 4 is 21.6 Å². The third kappa shape index (κ3) is 7.46. The highest BCUT2D eigenvalue weighted by molar-refractivity contribution is 7.89. The van der Waals surface area contributed by atoms with E-state index in [1.54, 1.807) is 28.6 Å². The minimum absolute atomic E-state index is 0.0747. The van der Waals surface area contributed by atoms with E-state index in [1.165, 1.54) is 0 Å². The van der Waals surface area contributed by atoms with E-state index in [0.29, 0.717) is 25.2 Å². The Balaban J connectivity index is 2.95. The van der Waals surface area contributed by atoms with Gasteiger partial charge in [0.25, 0.3) is 0 Å². The molecule has 0 saturated heterocycles. The third-order valence-electron chi connectivity index (χ3n) is 3.60. The van der Waals surface area contributed by atoms with Gasteiger partial charge in [-0.25, -0.2) is 8.42 Å². The first-order valence-electron chi connectivity index (χ1n) is 9.21. The van der Waals surface area contributed by atoms with Gasteiger partial charge in [-0.2, -0.15) is 4.31 Å². The van der Waals surface area contributed by atoms with Crippen LogP contribution in [0.1, 0.15) is 54.9 Å². The van der Waals surface area contributed by atoms with Crippen molar-refractivity contribution in [3.05, 3.63) is 24.3 Å². The van der Waals surface area contributed by atoms with Crippen molar-refractivity contribution < 1.29 is 13.2 Å². The topological polar surface area (TPSA) is 66.5 Å². The van der Waals surface area contributed by atoms with Crippen molar-refractivity contribution in [1.29, 1.82) is 0 Å². The summed E-state index contributed by atoms with van der Waals surface area (Å²) in [7, 11) is -3.54. The molecule has 1 aromatic rings. The summed E-state index contributed by atoms with van der Waals surface area (Å²) in [5.74, 6) is 0.424. The van der Waals surface area contributed by atoms with Crippen LogP contribution in [0.4, 0.5) is 5.69 Å². The lowest BCUT2D eigenvalue weighted by Crippen LogP contribution is -2.37. The van der Waals surface area contributed by atoms with Gasteiger partial charge in [-0.3, -0.25) is 4.79 Å². The first-order valence-corrected chi connectivity index (χ1v) is 10.7. The van der Waals surface area contributed by atoms with Gasteiger partial charge in [0.1, 0.15) is 0 Å². The minimum atomic E-state index is -3.54. The molecule has 0 radical (unpaired) electrons. The lowest BCUT2D eigenvalue weighted by Gasteiger charge is -2.25. The van der Waals surface area contributed by atoms with E-state index in [2.05, 4.69) is 5.32 Å². The van der Waals surface area contributed by atoms with E-state index in [-0.39, 0.29) is 28.1 Å². The molecule has 0 atom stereocenters. The summed E-state index contributed by atoms with van der Waals surface area (Å²) in [6.07, 6.45) is 0.406. The van der Waals surface area contributed by atoms with Crippen LogP contribution in [-0.2, 0) is 14.8 Å². The first kappa shape index (κ1) is 22.6. The molecule has 5 nitrogen and oxygen atoms in total. The quantitative estimate of drug-likeness (QED) is 0.726. The summed E-state index contributed by atoms with van der Waals surface area (Å²) >= 11 is 0. The molecule has 0 aliphatic carbocycles. The fourth-order valence-corrected chi connectivity index (χ4v) is 4.40. The number of carbonyl (C=O) groups is 1. The average Bonchev–Trinajstić information content (AvgIpc) is 2.44. The van der Waals surface area contributed by atoms with Crippen LogP contribution in [0.25, 0.3) is 0 Å². The van der Waals surface area contributed by atoms with Crippen LogP contribution in [-0.4, -0.2) is 31.7 Å². The molecule has 0 bridgehead atoms. The summed E-state index contributed by atoms with van der Waals surface area (Å²) in [6, 6.07) is 6.43. The zero-order valence-corrected chi connectivity index (χ0v) is 18.0. The molecule has 1 N–H and O–H groups in total. The van der Waals surface area contributed by atoms with E-state index in [0.717, 1.165) is 0 Å². The minimum Gasteiger partial charge on any atom is -0.326 e. The molecule has 0 saturated carbocycles. The van der Waals surface area contributed by atoms with Gasteiger partial charge in [-0.1, -0.05) is 48.5 Å². The normalized spacial score (nSPS) is 12.8. The second-order valence-corrected chi connectivity index (χ2v) is 10.9. The Morgan fingerprint density at radius 2 is 1.46 bits per heavy atom. The van der Waals surface area contributed by atoms with E-state index in [9.17, 15) is 13.2 Å². The number of anilines is 1. The number of nitrogens with one attached hydrogen (secondary N) is 1. The van der Waals surface area contributed by atoms with Crippen molar-refractivity contribution in [1.82, 2.24) is 4.31 Å². The van der Waals surface area contributed by atoms with Gasteiger partial charge in [0, 0.05) is 25.2 Å². The molecular formula is C20H34N2O3S. The second-order valence-electron chi connectivity index (χ2n) is 8.92. The second kappa shape index (κ2) is 9.00. The van der Waals surface area contributed by atoms with Gasteiger partial charge in [0.2, 0.25) is 15.9 Å². The van der Waals surface area contributed by atoms with Crippen LogP contribution < -0.4 is 5.32 Å². The number of benzene rings is 1. The Hall–Kier alpha value is -1.40. The number of hydrogen-bond acceptors (Lipinski definition) is 3. The van der Waals surface area contributed by atoms with Crippen molar-refractivity contribution in [3.8, 4) is 0 Å². The van der Waals surface area contributed by atoms with Crippen LogP contribution >= 0.6 is 0 Å². The molecule has 148 valence electrons. The first-order chi connectivity index (χ1) is 11.8. The molecule has 0 fully saturated rings. The molecule has 0 heterocycles. The summed E-state index contributed by atoms with van der Waals surface area (Å²) in [5, 5.41) is 2.82. The summed E-state index contributed by atoms with van der Waals surface area (Å²) < 4.78 is 27.5. The number of amides is 1. The van der Waals surface area contributed by atoms with Gasteiger partial charge in [-0.15, -0.1) is 0 Å². The monoisotopic (exact) mass is 382 g/mol. The molecule has 6 heteroatoms. The van der Waals surface area contributed by atoms with Crippen LogP contribution in [0.2, 0.25) is 0 Å². The maximum atomic E-state index is 13.0. The summed E-state index contributed by atoms with van der Waals surface area (Å²) in [6.45, 7) is 15.0. The third-order valence-corrected chi connectivity index (χ3v) is 5.45. The fourth-order valence-electron chi connectivity index (χ4n) is 2.63. The fraction of sp³-hybridized carbons (Fsp3) is 0.650. The highest BCUT2D eigenvalue weighted by atomic mass is 32.2. The Bertz CT molecular complexity index is 677. The Labute approximate surface area is 159 Å². The van der Waals surface area contributed by atoms with Crippen molar-refractivity contribution in [3.63, 3.8) is 0 Å². The molecule has 0 unspecified atom stereocenters. The molecule has 0 spiro atoms. The zero-order valence-electron chi connectivity index (χ0n) is 17.2. The molecule has 0 aliphatic rings. The van der Waals surface area contributed by atoms with Gasteiger partial charge in [0.15, 0.2) is 0 Å². The number of nitrogens with zero attached hydrogens (tertiary/aromatic N) is 1. The maximum Gasteiger partial charge on any atom is 0.243 e. The van der Waals surface area contributed by atoms with E-state index in [4.69, 9.17) is 0 Å². The Morgan fingerprint density at radius 1 is 1.00 bits per heavy atom. The van der Waals surface area contributed by atoms with Crippen molar-refractivity contribution in [2.75, 3.05) is 18.4 Å². The molecule has 0 aliphatic heterocycles. The van der Waals surface area contributed by atoms with Crippen LogP contribution in [0.15, 0.2) is 29.2 Å². The van der Waals surface area contributed by atoms with Gasteiger partial charge < -0.3 is 5.32 Å². The van der Waals surface area contributed by atoms with Gasteiger partial charge in [-0.05, 0) is 41.5 Å². The Kier molecular flexibility index (Phi) is 7.84. The van der Waals surface area contributed by atoms with Crippen LogP contribution in [0.3, 0.4) is 0 Å². The van der Waals surface area contributed by atoms with Crippen LogP contribution in [0.5, 0.6) is 0 Å². The average molecular weight is 383 g/mol. The number of rotatable bonds is 8. The highest BCUT2D eigenvalue weighted by Crippen LogP contribution is 2.22. The highest BCUT2D eigenvalue weighted by Gasteiger charge is 2.26. The molecular weight excluding hydrogens is 348 g/mol. The number of carbonyl (C=O) groups excluding carboxylic acids is 1. The SMILES string of the molecule is CC(C)CN(CC(C)C)S(=O)(=O)c1ccc(NC(=O)CC(C)(C)C)cc1. The zero-order chi connectivity index (χ0) is 20.1. The molecule has 0 aromatic heterocycles. The largest absolute Gasteiger partial charge is 0.326 e. The lowest BCUT2D eigenvalue weighted by atomic mass is 9.92. The van der Waals surface area contributed by atoms with Gasteiger partial charge >= 0.3 is 0 Å². The summed E-state index contributed by atoms with van der Waals surface area (Å²) in [4.78, 5) is 12.3. The van der Waals surface area contributed by atoms with E-state index < -0.39 is 10.0 Å². The number of hydrogen-bond donors (Lipinski definition) is 1. The predicted molar refractivity (Wildman–Crippen MR) is 108 cm³/mol. The molecule has 1 aromatic carbocycles. The summed E-state index contributed by atoms with van der Waals surface area (Å²) in [5.41, 5.74) is 0.513. The number of sulfonamides is 1. The van der Waals surface area contributed by atoms with Crippen molar-refractivity contribution in [2.24, 2.45) is 17.3 Å². The van der Waals surface area contributed by atoms with Crippen LogP contribution in [0, 0.1) is 17.3 Å². The Morgan fingerprint density at radius 3 is 1.85 bits per heavy atom. The van der Waals surface area contributed by atoms with E-state index in [1.807, 2.05) is 48.5 Å². The van der Waals surface area contributed by atoms with E-state index >= 15 is 0 Å². The van der Waals surface area contributed by atoms with Crippen molar-refractivity contribution in [2.45, 2.75) is 59.8 Å². The molecule has 1 rings (SSSR count). The predicted octanol–water partition coefficient (Wildman–Crippen LogP) is 4.36. The lowest BCUT2D eigenvalue weighted by molar-refractivity contribution is -0.117. The molecule has 1 amide bonds. The standard InChI is InChI=1S/C20H34N2O3S/c1-15(2)13-22(14-16(3)4)26(24,25)18-10-8-17(9-11-18)21-19(23)12-20(5,6)7/h8-11,15-16H,12-14H2,1-7H3,(H,21,23). The van der Waals surface area contributed by atoms with Gasteiger partial charge in [0.05, 0.1) is 4.90 Å². The smallest absolute Gasteiger partial charge is 0.243 e. The molecule has 26 heavy (non-hydrogen) atoms.